The van der Waals surface area contributed by atoms with Gasteiger partial charge >= 0.3 is 35.2 Å². The SMILES string of the molecule is CCO[Si](CCCN1CCOCC1)(OCC)O[Si](CCCN1CCOCC1)(OCC)O[Si](CCCN1CCOCC1)(OCC)O[Si](CCCN1CCOCC1)(OCC)OCC. The third kappa shape index (κ3) is 19.5. The van der Waals surface area contributed by atoms with Crippen molar-refractivity contribution in [2.75, 3.05) is 171 Å². The van der Waals surface area contributed by atoms with Crippen molar-refractivity contribution in [1.82, 2.24) is 19.6 Å². The molecule has 4 aliphatic heterocycles. The van der Waals surface area contributed by atoms with E-state index in [1.165, 1.54) is 0 Å². The molecule has 4 rings (SSSR count). The first-order chi connectivity index (χ1) is 29.8. The van der Waals surface area contributed by atoms with E-state index in [9.17, 15) is 0 Å². The minimum atomic E-state index is -3.76. The Morgan fingerprint density at radius 1 is 0.311 bits per heavy atom. The largest absolute Gasteiger partial charge is 0.493 e. The molecule has 4 fully saturated rings. The lowest BCUT2D eigenvalue weighted by atomic mass is 10.3. The van der Waals surface area contributed by atoms with Gasteiger partial charge in [0, 0.05) is 116 Å². The predicted octanol–water partition coefficient (Wildman–Crippen LogP) is 3.90. The van der Waals surface area contributed by atoms with Gasteiger partial charge < -0.3 is 57.8 Å². The molecule has 0 radical (unpaired) electrons. The average Bonchev–Trinajstić information content (AvgIpc) is 3.26. The highest BCUT2D eigenvalue weighted by Crippen LogP contribution is 2.36. The maximum Gasteiger partial charge on any atom is 0.493 e. The Labute approximate surface area is 373 Å². The normalized spacial score (nSPS) is 21.7. The standard InChI is InChI=1S/C40H86N4O13Si4/c1-7-49-58(50-8-2,37-13-17-41-21-29-45-30-22-41)55-60(53-11-5,39-15-19-43-25-33-47-34-26-43)57-61(54-12-6,40-16-20-44-27-35-48-36-28-44)56-59(51-9-3,52-10-4)38-14-18-42-23-31-46-32-24-42/h7-40H2,1-6H3. The molecule has 0 aromatic rings. The van der Waals surface area contributed by atoms with Gasteiger partial charge in [0.05, 0.1) is 52.9 Å². The van der Waals surface area contributed by atoms with Crippen LogP contribution >= 0.6 is 0 Å². The maximum absolute atomic E-state index is 7.77. The molecule has 0 aromatic heterocycles. The van der Waals surface area contributed by atoms with Gasteiger partial charge in [0.15, 0.2) is 0 Å². The van der Waals surface area contributed by atoms with Gasteiger partial charge in [0.1, 0.15) is 0 Å². The van der Waals surface area contributed by atoms with Crippen LogP contribution in [-0.4, -0.2) is 226 Å². The minimum Gasteiger partial charge on any atom is -0.379 e. The van der Waals surface area contributed by atoms with Gasteiger partial charge in [0.25, 0.3) is 0 Å². The molecule has 4 heterocycles. The molecule has 0 amide bonds. The van der Waals surface area contributed by atoms with Gasteiger partial charge in [-0.3, -0.25) is 19.6 Å². The van der Waals surface area contributed by atoms with Crippen LogP contribution < -0.4 is 0 Å². The van der Waals surface area contributed by atoms with Crippen LogP contribution in [0, 0.1) is 0 Å². The number of nitrogens with zero attached hydrogens (tertiary/aromatic N) is 4. The zero-order chi connectivity index (χ0) is 43.5. The first kappa shape index (κ1) is 53.8. The Balaban J connectivity index is 1.74. The van der Waals surface area contributed by atoms with E-state index in [-0.39, 0.29) is 0 Å². The first-order valence-electron chi connectivity index (χ1n) is 23.9. The minimum absolute atomic E-state index is 0.393. The fraction of sp³-hybridized carbons (Fsp3) is 1.00. The highest BCUT2D eigenvalue weighted by atomic mass is 28.5. The summed E-state index contributed by atoms with van der Waals surface area (Å²) in [6.45, 7) is 31.5. The van der Waals surface area contributed by atoms with Crippen molar-refractivity contribution in [2.24, 2.45) is 0 Å². The van der Waals surface area contributed by atoms with Crippen molar-refractivity contribution in [1.29, 1.82) is 0 Å². The fourth-order valence-corrected chi connectivity index (χ4v) is 25.6. The van der Waals surface area contributed by atoms with Gasteiger partial charge in [-0.2, -0.15) is 0 Å². The zero-order valence-electron chi connectivity index (χ0n) is 39.1. The van der Waals surface area contributed by atoms with E-state index in [1.807, 2.05) is 41.5 Å². The lowest BCUT2D eigenvalue weighted by Gasteiger charge is -2.45. The van der Waals surface area contributed by atoms with Crippen LogP contribution in [0.2, 0.25) is 24.2 Å². The molecule has 0 aromatic carbocycles. The van der Waals surface area contributed by atoms with E-state index in [2.05, 4.69) is 19.6 Å². The summed E-state index contributed by atoms with van der Waals surface area (Å²) in [5.41, 5.74) is 0. The van der Waals surface area contributed by atoms with Crippen molar-refractivity contribution in [3.05, 3.63) is 0 Å². The van der Waals surface area contributed by atoms with Crippen molar-refractivity contribution < 1.29 is 57.8 Å². The molecule has 4 saturated heterocycles. The Hall–Kier alpha value is 0.188. The molecular weight excluding hydrogens is 857 g/mol. The van der Waals surface area contributed by atoms with Crippen molar-refractivity contribution in [3.8, 4) is 0 Å². The second-order valence-corrected chi connectivity index (χ2v) is 27.5. The lowest BCUT2D eigenvalue weighted by molar-refractivity contribution is 0.0257. The van der Waals surface area contributed by atoms with Crippen LogP contribution in [0.4, 0.5) is 0 Å². The van der Waals surface area contributed by atoms with E-state index >= 15 is 0 Å². The van der Waals surface area contributed by atoms with E-state index in [4.69, 9.17) is 57.8 Å². The molecule has 2 unspecified atom stereocenters. The zero-order valence-corrected chi connectivity index (χ0v) is 43.1. The third-order valence-corrected chi connectivity index (χ3v) is 27.1. The summed E-state index contributed by atoms with van der Waals surface area (Å²) in [5, 5.41) is 0. The highest BCUT2D eigenvalue weighted by Gasteiger charge is 2.62. The van der Waals surface area contributed by atoms with Crippen LogP contribution in [0.15, 0.2) is 0 Å². The Morgan fingerprint density at radius 2 is 0.508 bits per heavy atom. The Morgan fingerprint density at radius 3 is 0.738 bits per heavy atom. The van der Waals surface area contributed by atoms with Gasteiger partial charge in [-0.05, 0) is 93.4 Å². The van der Waals surface area contributed by atoms with Gasteiger partial charge in [-0.25, -0.2) is 0 Å². The summed E-state index contributed by atoms with van der Waals surface area (Å²) in [6.07, 6.45) is 3.31. The summed E-state index contributed by atoms with van der Waals surface area (Å²) in [6, 6.07) is 2.39. The van der Waals surface area contributed by atoms with Gasteiger partial charge in [-0.15, -0.1) is 0 Å². The molecule has 0 saturated carbocycles. The number of ether oxygens (including phenoxy) is 4. The van der Waals surface area contributed by atoms with E-state index in [0.717, 1.165) is 157 Å². The second-order valence-electron chi connectivity index (χ2n) is 15.9. The van der Waals surface area contributed by atoms with Gasteiger partial charge in [0.2, 0.25) is 0 Å². The molecule has 2 atom stereocenters. The Kier molecular flexibility index (Phi) is 26.9. The summed E-state index contributed by atoms with van der Waals surface area (Å²) >= 11 is 0. The molecule has 0 spiro atoms. The number of hydrogen-bond acceptors (Lipinski definition) is 17. The van der Waals surface area contributed by atoms with Crippen LogP contribution in [0.3, 0.4) is 0 Å². The molecule has 0 N–H and O–H groups in total. The molecule has 0 aliphatic carbocycles. The van der Waals surface area contributed by atoms with Crippen LogP contribution in [-0.2, 0) is 57.8 Å². The number of morpholine rings is 4. The molecule has 360 valence electrons. The molecule has 61 heavy (non-hydrogen) atoms. The highest BCUT2D eigenvalue weighted by molar-refractivity contribution is 6.84. The predicted molar refractivity (Wildman–Crippen MR) is 243 cm³/mol. The molecule has 0 bridgehead atoms. The Bertz CT molecular complexity index is 1020. The molecule has 17 nitrogen and oxygen atoms in total. The number of hydrogen-bond donors (Lipinski definition) is 0. The first-order valence-corrected chi connectivity index (χ1v) is 31.7. The summed E-state index contributed by atoms with van der Waals surface area (Å²) in [4.78, 5) is 9.81. The van der Waals surface area contributed by atoms with E-state index in [0.29, 0.717) is 63.8 Å². The smallest absolute Gasteiger partial charge is 0.379 e. The molecular formula is C40H86N4O13Si4. The van der Waals surface area contributed by atoms with Gasteiger partial charge in [-0.1, -0.05) is 0 Å². The van der Waals surface area contributed by atoms with Crippen LogP contribution in [0.25, 0.3) is 0 Å². The molecule has 4 aliphatic rings. The monoisotopic (exact) mass is 943 g/mol. The van der Waals surface area contributed by atoms with Crippen molar-refractivity contribution in [3.63, 3.8) is 0 Å². The summed E-state index contributed by atoms with van der Waals surface area (Å²) < 4.78 is 86.6. The topological polar surface area (TPSA) is 133 Å². The summed E-state index contributed by atoms with van der Waals surface area (Å²) in [5.74, 6) is 0. The lowest BCUT2D eigenvalue weighted by Crippen LogP contribution is -2.67. The van der Waals surface area contributed by atoms with Crippen molar-refractivity contribution in [2.45, 2.75) is 91.4 Å². The van der Waals surface area contributed by atoms with Crippen LogP contribution in [0.5, 0.6) is 0 Å². The van der Waals surface area contributed by atoms with Crippen LogP contribution in [0.1, 0.15) is 67.2 Å². The quantitative estimate of drug-likeness (QED) is 0.0864. The van der Waals surface area contributed by atoms with E-state index < -0.39 is 35.2 Å². The van der Waals surface area contributed by atoms with Crippen molar-refractivity contribution >= 4 is 35.2 Å². The summed E-state index contributed by atoms with van der Waals surface area (Å²) in [7, 11) is -14.3. The molecule has 21 heteroatoms. The maximum atomic E-state index is 7.77. The third-order valence-electron chi connectivity index (χ3n) is 11.4. The second kappa shape index (κ2) is 30.5. The van der Waals surface area contributed by atoms with E-state index in [1.54, 1.807) is 0 Å². The fourth-order valence-electron chi connectivity index (χ4n) is 8.51. The number of rotatable bonds is 34. The average molecular weight is 943 g/mol.